The number of anilines is 1. The van der Waals surface area contributed by atoms with E-state index in [0.29, 0.717) is 25.4 Å². The molecule has 2 N–H and O–H groups in total. The van der Waals surface area contributed by atoms with E-state index < -0.39 is 0 Å². The van der Waals surface area contributed by atoms with Gasteiger partial charge in [0.25, 0.3) is 5.91 Å². The zero-order chi connectivity index (χ0) is 15.8. The van der Waals surface area contributed by atoms with Crippen molar-refractivity contribution >= 4 is 11.6 Å². The van der Waals surface area contributed by atoms with Gasteiger partial charge in [0.15, 0.2) is 0 Å². The van der Waals surface area contributed by atoms with Crippen molar-refractivity contribution in [3.05, 3.63) is 59.4 Å². The van der Waals surface area contributed by atoms with Crippen molar-refractivity contribution in [2.45, 2.75) is 13.5 Å². The molecule has 0 fully saturated rings. The maximum atomic E-state index is 11.9. The number of pyridine rings is 1. The summed E-state index contributed by atoms with van der Waals surface area (Å²) >= 11 is 0. The lowest BCUT2D eigenvalue weighted by atomic mass is 10.1. The van der Waals surface area contributed by atoms with Gasteiger partial charge in [-0.2, -0.15) is 0 Å². The third-order valence-electron chi connectivity index (χ3n) is 3.33. The second kappa shape index (κ2) is 8.14. The molecule has 1 amide bonds. The SMILES string of the molecule is COCCNC(=O)c1cc(NCc2ccccc2C)ccn1. The van der Waals surface area contributed by atoms with E-state index >= 15 is 0 Å². The van der Waals surface area contributed by atoms with Crippen LogP contribution in [-0.4, -0.2) is 31.2 Å². The molecule has 1 aromatic carbocycles. The maximum Gasteiger partial charge on any atom is 0.270 e. The number of amides is 1. The number of hydrogen-bond donors (Lipinski definition) is 2. The Bertz CT molecular complexity index is 629. The molecular formula is C17H21N3O2. The smallest absolute Gasteiger partial charge is 0.270 e. The van der Waals surface area contributed by atoms with Crippen LogP contribution >= 0.6 is 0 Å². The molecule has 0 atom stereocenters. The molecule has 0 aliphatic heterocycles. The molecule has 0 unspecified atom stereocenters. The van der Waals surface area contributed by atoms with Crippen LogP contribution < -0.4 is 10.6 Å². The van der Waals surface area contributed by atoms with Gasteiger partial charge < -0.3 is 15.4 Å². The molecule has 2 aromatic rings. The highest BCUT2D eigenvalue weighted by Gasteiger charge is 2.07. The molecule has 0 radical (unpaired) electrons. The van der Waals surface area contributed by atoms with Crippen LogP contribution in [0.1, 0.15) is 21.6 Å². The van der Waals surface area contributed by atoms with Crippen molar-refractivity contribution in [2.24, 2.45) is 0 Å². The summed E-state index contributed by atoms with van der Waals surface area (Å²) in [7, 11) is 1.60. The first kappa shape index (κ1) is 16.0. The fourth-order valence-electron chi connectivity index (χ4n) is 2.03. The highest BCUT2D eigenvalue weighted by molar-refractivity contribution is 5.93. The predicted molar refractivity (Wildman–Crippen MR) is 87.0 cm³/mol. The minimum atomic E-state index is -0.198. The van der Waals surface area contributed by atoms with Gasteiger partial charge in [-0.25, -0.2) is 0 Å². The first-order valence-electron chi connectivity index (χ1n) is 7.22. The Hall–Kier alpha value is -2.40. The third-order valence-corrected chi connectivity index (χ3v) is 3.33. The van der Waals surface area contributed by atoms with E-state index in [1.807, 2.05) is 18.2 Å². The number of ether oxygens (including phenoxy) is 1. The van der Waals surface area contributed by atoms with Gasteiger partial charge in [-0.15, -0.1) is 0 Å². The summed E-state index contributed by atoms with van der Waals surface area (Å²) in [4.78, 5) is 16.0. The van der Waals surface area contributed by atoms with E-state index in [2.05, 4.69) is 34.7 Å². The van der Waals surface area contributed by atoms with Gasteiger partial charge in [-0.1, -0.05) is 24.3 Å². The van der Waals surface area contributed by atoms with Crippen LogP contribution in [0.15, 0.2) is 42.6 Å². The van der Waals surface area contributed by atoms with Crippen LogP contribution in [0, 0.1) is 6.92 Å². The lowest BCUT2D eigenvalue weighted by Gasteiger charge is -2.10. The molecule has 0 saturated carbocycles. The first-order chi connectivity index (χ1) is 10.7. The van der Waals surface area contributed by atoms with Gasteiger partial charge in [0, 0.05) is 32.1 Å². The van der Waals surface area contributed by atoms with Gasteiger partial charge >= 0.3 is 0 Å². The number of nitrogens with zero attached hydrogens (tertiary/aromatic N) is 1. The number of hydrogen-bond acceptors (Lipinski definition) is 4. The van der Waals surface area contributed by atoms with Gasteiger partial charge in [0.2, 0.25) is 0 Å². The number of carbonyl (C=O) groups excluding carboxylic acids is 1. The maximum absolute atomic E-state index is 11.9. The number of aromatic nitrogens is 1. The van der Waals surface area contributed by atoms with Crippen LogP contribution in [0.3, 0.4) is 0 Å². The average molecular weight is 299 g/mol. The molecule has 5 nitrogen and oxygen atoms in total. The Morgan fingerprint density at radius 1 is 1.27 bits per heavy atom. The van der Waals surface area contributed by atoms with Crippen molar-refractivity contribution in [2.75, 3.05) is 25.6 Å². The van der Waals surface area contributed by atoms with Crippen molar-refractivity contribution in [3.8, 4) is 0 Å². The van der Waals surface area contributed by atoms with Gasteiger partial charge in [0.1, 0.15) is 5.69 Å². The van der Waals surface area contributed by atoms with Crippen LogP contribution in [0.5, 0.6) is 0 Å². The van der Waals surface area contributed by atoms with Gasteiger partial charge in [0.05, 0.1) is 6.61 Å². The summed E-state index contributed by atoms with van der Waals surface area (Å²) in [6.07, 6.45) is 1.63. The zero-order valence-corrected chi connectivity index (χ0v) is 12.9. The Labute approximate surface area is 130 Å². The van der Waals surface area contributed by atoms with E-state index in [-0.39, 0.29) is 5.91 Å². The van der Waals surface area contributed by atoms with E-state index in [4.69, 9.17) is 4.74 Å². The monoisotopic (exact) mass is 299 g/mol. The minimum Gasteiger partial charge on any atom is -0.383 e. The number of benzene rings is 1. The molecule has 22 heavy (non-hydrogen) atoms. The fraction of sp³-hybridized carbons (Fsp3) is 0.294. The van der Waals surface area contributed by atoms with E-state index in [9.17, 15) is 4.79 Å². The first-order valence-corrected chi connectivity index (χ1v) is 7.22. The van der Waals surface area contributed by atoms with E-state index in [1.54, 1.807) is 19.4 Å². The number of carbonyl (C=O) groups is 1. The summed E-state index contributed by atoms with van der Waals surface area (Å²) < 4.78 is 4.90. The molecule has 2 rings (SSSR count). The fourth-order valence-corrected chi connectivity index (χ4v) is 2.03. The zero-order valence-electron chi connectivity index (χ0n) is 12.9. The Morgan fingerprint density at radius 2 is 2.09 bits per heavy atom. The summed E-state index contributed by atoms with van der Waals surface area (Å²) in [5.74, 6) is -0.198. The Kier molecular flexibility index (Phi) is 5.91. The lowest BCUT2D eigenvalue weighted by Crippen LogP contribution is -2.27. The molecule has 1 aromatic heterocycles. The summed E-state index contributed by atoms with van der Waals surface area (Å²) in [6.45, 7) is 3.74. The molecule has 0 aliphatic rings. The molecule has 0 spiro atoms. The van der Waals surface area contributed by atoms with Gasteiger partial charge in [-0.3, -0.25) is 9.78 Å². The summed E-state index contributed by atoms with van der Waals surface area (Å²) in [6, 6.07) is 11.8. The number of aryl methyl sites for hydroxylation is 1. The molecule has 0 saturated heterocycles. The van der Waals surface area contributed by atoms with E-state index in [0.717, 1.165) is 5.69 Å². The number of nitrogens with one attached hydrogen (secondary N) is 2. The molecule has 0 bridgehead atoms. The normalized spacial score (nSPS) is 10.3. The predicted octanol–water partition coefficient (Wildman–Crippen LogP) is 2.38. The Morgan fingerprint density at radius 3 is 2.86 bits per heavy atom. The van der Waals surface area contributed by atoms with Crippen LogP contribution in [0.2, 0.25) is 0 Å². The average Bonchev–Trinajstić information content (AvgIpc) is 2.54. The van der Waals surface area contributed by atoms with Crippen LogP contribution in [0.25, 0.3) is 0 Å². The quantitative estimate of drug-likeness (QED) is 0.771. The number of methoxy groups -OCH3 is 1. The van der Waals surface area contributed by atoms with Crippen LogP contribution in [0.4, 0.5) is 5.69 Å². The summed E-state index contributed by atoms with van der Waals surface area (Å²) in [5.41, 5.74) is 3.73. The van der Waals surface area contributed by atoms with Crippen molar-refractivity contribution in [1.82, 2.24) is 10.3 Å². The molecule has 0 aliphatic carbocycles. The molecular weight excluding hydrogens is 278 g/mol. The summed E-state index contributed by atoms with van der Waals surface area (Å²) in [5, 5.41) is 6.08. The molecule has 5 heteroatoms. The largest absolute Gasteiger partial charge is 0.383 e. The Balaban J connectivity index is 1.96. The third kappa shape index (κ3) is 4.56. The van der Waals surface area contributed by atoms with Crippen LogP contribution in [-0.2, 0) is 11.3 Å². The second-order valence-electron chi connectivity index (χ2n) is 4.96. The molecule has 116 valence electrons. The standard InChI is InChI=1S/C17H21N3O2/c1-13-5-3-4-6-14(13)12-20-15-7-8-18-16(11-15)17(21)19-9-10-22-2/h3-8,11H,9-10,12H2,1-2H3,(H,18,20)(H,19,21). The van der Waals surface area contributed by atoms with E-state index in [1.165, 1.54) is 11.1 Å². The van der Waals surface area contributed by atoms with Gasteiger partial charge in [-0.05, 0) is 30.2 Å². The number of rotatable bonds is 7. The molecule has 1 heterocycles. The minimum absolute atomic E-state index is 0.198. The van der Waals surface area contributed by atoms with Crippen molar-refractivity contribution in [3.63, 3.8) is 0 Å². The second-order valence-corrected chi connectivity index (χ2v) is 4.96. The highest BCUT2D eigenvalue weighted by Crippen LogP contribution is 2.12. The lowest BCUT2D eigenvalue weighted by molar-refractivity contribution is 0.0932. The highest BCUT2D eigenvalue weighted by atomic mass is 16.5. The van der Waals surface area contributed by atoms with Crippen molar-refractivity contribution in [1.29, 1.82) is 0 Å². The topological polar surface area (TPSA) is 63.2 Å². The van der Waals surface area contributed by atoms with Crippen molar-refractivity contribution < 1.29 is 9.53 Å².